The van der Waals surface area contributed by atoms with Gasteiger partial charge in [-0.2, -0.15) is 0 Å². The van der Waals surface area contributed by atoms with E-state index in [1.54, 1.807) is 18.3 Å². The third-order valence-electron chi connectivity index (χ3n) is 2.77. The topological polar surface area (TPSA) is 56.0 Å². The predicted molar refractivity (Wildman–Crippen MR) is 71.5 cm³/mol. The summed E-state index contributed by atoms with van der Waals surface area (Å²) >= 11 is 0. The van der Waals surface area contributed by atoms with Crippen molar-refractivity contribution in [2.75, 3.05) is 0 Å². The minimum atomic E-state index is 0.0129. The van der Waals surface area contributed by atoms with E-state index in [1.807, 2.05) is 26.0 Å². The molecule has 0 amide bonds. The van der Waals surface area contributed by atoms with Crippen molar-refractivity contribution in [1.29, 1.82) is 0 Å². The molecule has 2 rings (SSSR count). The molecule has 0 saturated carbocycles. The van der Waals surface area contributed by atoms with Gasteiger partial charge >= 0.3 is 0 Å². The molecule has 92 valence electrons. The molecule has 18 heavy (non-hydrogen) atoms. The lowest BCUT2D eigenvalue weighted by Gasteiger charge is -2.05. The molecule has 0 spiro atoms. The van der Waals surface area contributed by atoms with Gasteiger partial charge in [0.25, 0.3) is 0 Å². The van der Waals surface area contributed by atoms with Gasteiger partial charge in [0.15, 0.2) is 5.78 Å². The number of benzene rings is 1. The molecule has 0 aliphatic carbocycles. The molecule has 0 radical (unpaired) electrons. The second-order valence-electron chi connectivity index (χ2n) is 4.45. The first-order chi connectivity index (χ1) is 8.60. The molecule has 3 heteroatoms. The number of rotatable bonds is 3. The maximum atomic E-state index is 12.4. The van der Waals surface area contributed by atoms with E-state index in [9.17, 15) is 4.79 Å². The quantitative estimate of drug-likeness (QED) is 0.838. The molecule has 0 unspecified atom stereocenters. The van der Waals surface area contributed by atoms with Gasteiger partial charge in [-0.1, -0.05) is 17.2 Å². The molecule has 0 aliphatic rings. The van der Waals surface area contributed by atoms with Crippen LogP contribution in [0.5, 0.6) is 0 Å². The largest absolute Gasteiger partial charge is 0.325 e. The molecule has 0 atom stereocenters. The zero-order valence-electron chi connectivity index (χ0n) is 10.6. The van der Waals surface area contributed by atoms with Crippen molar-refractivity contribution in [3.05, 3.63) is 64.5 Å². The maximum absolute atomic E-state index is 12.4. The Kier molecular flexibility index (Phi) is 3.53. The summed E-state index contributed by atoms with van der Waals surface area (Å²) in [6.45, 7) is 4.32. The summed E-state index contributed by atoms with van der Waals surface area (Å²) in [7, 11) is 0. The highest BCUT2D eigenvalue weighted by molar-refractivity contribution is 6.09. The van der Waals surface area contributed by atoms with Crippen molar-refractivity contribution < 1.29 is 4.79 Å². The first-order valence-electron chi connectivity index (χ1n) is 5.88. The number of carbonyl (C=O) groups is 1. The fourth-order valence-corrected chi connectivity index (χ4v) is 2.00. The van der Waals surface area contributed by atoms with Crippen LogP contribution < -0.4 is 5.73 Å². The third-order valence-corrected chi connectivity index (χ3v) is 2.77. The van der Waals surface area contributed by atoms with Crippen LogP contribution in [0.2, 0.25) is 0 Å². The number of hydrogen-bond donors (Lipinski definition) is 1. The SMILES string of the molecule is Cc1cc(C)cc(C(=O)c2ccnc(CN)c2)c1. The van der Waals surface area contributed by atoms with Crippen molar-refractivity contribution in [3.63, 3.8) is 0 Å². The Labute approximate surface area is 107 Å². The second kappa shape index (κ2) is 5.10. The van der Waals surface area contributed by atoms with Gasteiger partial charge < -0.3 is 5.73 Å². The molecule has 0 fully saturated rings. The molecule has 1 aromatic carbocycles. The van der Waals surface area contributed by atoms with Gasteiger partial charge in [0.1, 0.15) is 0 Å². The number of ketones is 1. The van der Waals surface area contributed by atoms with Gasteiger partial charge in [-0.3, -0.25) is 9.78 Å². The zero-order valence-corrected chi connectivity index (χ0v) is 10.6. The van der Waals surface area contributed by atoms with Crippen LogP contribution in [0.3, 0.4) is 0 Å². The molecular weight excluding hydrogens is 224 g/mol. The van der Waals surface area contributed by atoms with Crippen LogP contribution in [0.4, 0.5) is 0 Å². The predicted octanol–water partition coefficient (Wildman–Crippen LogP) is 2.39. The van der Waals surface area contributed by atoms with Crippen molar-refractivity contribution in [1.82, 2.24) is 4.98 Å². The number of aryl methyl sites for hydroxylation is 2. The van der Waals surface area contributed by atoms with Gasteiger partial charge in [-0.05, 0) is 38.1 Å². The normalized spacial score (nSPS) is 10.4. The first kappa shape index (κ1) is 12.5. The van der Waals surface area contributed by atoms with Crippen LogP contribution in [0, 0.1) is 13.8 Å². The molecule has 1 aromatic heterocycles. The number of pyridine rings is 1. The number of nitrogens with zero attached hydrogens (tertiary/aromatic N) is 1. The molecule has 0 aliphatic heterocycles. The summed E-state index contributed by atoms with van der Waals surface area (Å²) in [6, 6.07) is 9.32. The standard InChI is InChI=1S/C15H16N2O/c1-10-5-11(2)7-13(6-10)15(18)12-3-4-17-14(8-12)9-16/h3-8H,9,16H2,1-2H3. The monoisotopic (exact) mass is 240 g/mol. The Morgan fingerprint density at radius 1 is 1.11 bits per heavy atom. The summed E-state index contributed by atoms with van der Waals surface area (Å²) in [6.07, 6.45) is 1.62. The molecule has 3 nitrogen and oxygen atoms in total. The van der Waals surface area contributed by atoms with Gasteiger partial charge in [0, 0.05) is 23.9 Å². The number of carbonyl (C=O) groups excluding carboxylic acids is 1. The molecule has 1 heterocycles. The van der Waals surface area contributed by atoms with Gasteiger partial charge in [0.05, 0.1) is 5.69 Å². The summed E-state index contributed by atoms with van der Waals surface area (Å²) in [5.41, 5.74) is 9.78. The summed E-state index contributed by atoms with van der Waals surface area (Å²) in [5.74, 6) is 0.0129. The van der Waals surface area contributed by atoms with Gasteiger partial charge in [0.2, 0.25) is 0 Å². The van der Waals surface area contributed by atoms with E-state index in [4.69, 9.17) is 5.73 Å². The Balaban J connectivity index is 2.41. The fraction of sp³-hybridized carbons (Fsp3) is 0.200. The van der Waals surface area contributed by atoms with Gasteiger partial charge in [-0.25, -0.2) is 0 Å². The Morgan fingerprint density at radius 2 is 1.78 bits per heavy atom. The third kappa shape index (κ3) is 2.63. The lowest BCUT2D eigenvalue weighted by atomic mass is 9.99. The average molecular weight is 240 g/mol. The second-order valence-corrected chi connectivity index (χ2v) is 4.45. The summed E-state index contributed by atoms with van der Waals surface area (Å²) in [4.78, 5) is 16.4. The van der Waals surface area contributed by atoms with Crippen molar-refractivity contribution in [2.45, 2.75) is 20.4 Å². The minimum absolute atomic E-state index is 0.0129. The van der Waals surface area contributed by atoms with Crippen LogP contribution >= 0.6 is 0 Å². The minimum Gasteiger partial charge on any atom is -0.325 e. The molecular formula is C15H16N2O. The lowest BCUT2D eigenvalue weighted by Crippen LogP contribution is -2.06. The van der Waals surface area contributed by atoms with E-state index in [2.05, 4.69) is 11.1 Å². The van der Waals surface area contributed by atoms with E-state index in [0.29, 0.717) is 17.7 Å². The van der Waals surface area contributed by atoms with Crippen molar-refractivity contribution in [3.8, 4) is 0 Å². The van der Waals surface area contributed by atoms with E-state index < -0.39 is 0 Å². The Morgan fingerprint density at radius 3 is 2.39 bits per heavy atom. The zero-order chi connectivity index (χ0) is 13.1. The van der Waals surface area contributed by atoms with Crippen LogP contribution in [0.1, 0.15) is 32.7 Å². The first-order valence-corrected chi connectivity index (χ1v) is 5.88. The highest BCUT2D eigenvalue weighted by Crippen LogP contribution is 2.14. The number of nitrogens with two attached hydrogens (primary N) is 1. The molecule has 2 N–H and O–H groups in total. The van der Waals surface area contributed by atoms with E-state index in [-0.39, 0.29) is 5.78 Å². The maximum Gasteiger partial charge on any atom is 0.193 e. The van der Waals surface area contributed by atoms with Crippen LogP contribution in [0.15, 0.2) is 36.5 Å². The average Bonchev–Trinajstić information content (AvgIpc) is 2.37. The molecule has 0 bridgehead atoms. The highest BCUT2D eigenvalue weighted by Gasteiger charge is 2.10. The molecule has 0 saturated heterocycles. The van der Waals surface area contributed by atoms with Crippen LogP contribution in [0.25, 0.3) is 0 Å². The Hall–Kier alpha value is -2.00. The van der Waals surface area contributed by atoms with E-state index in [0.717, 1.165) is 16.8 Å². The Bertz CT molecular complexity index is 571. The fourth-order valence-electron chi connectivity index (χ4n) is 2.00. The van der Waals surface area contributed by atoms with E-state index in [1.165, 1.54) is 0 Å². The van der Waals surface area contributed by atoms with Crippen LogP contribution in [-0.2, 0) is 6.54 Å². The number of aromatic nitrogens is 1. The van der Waals surface area contributed by atoms with Gasteiger partial charge in [-0.15, -0.1) is 0 Å². The van der Waals surface area contributed by atoms with Crippen molar-refractivity contribution >= 4 is 5.78 Å². The van der Waals surface area contributed by atoms with Crippen molar-refractivity contribution in [2.24, 2.45) is 5.73 Å². The molecule has 2 aromatic rings. The lowest BCUT2D eigenvalue weighted by molar-refractivity contribution is 0.103. The summed E-state index contributed by atoms with van der Waals surface area (Å²) in [5, 5.41) is 0. The highest BCUT2D eigenvalue weighted by atomic mass is 16.1. The number of hydrogen-bond acceptors (Lipinski definition) is 3. The summed E-state index contributed by atoms with van der Waals surface area (Å²) < 4.78 is 0. The van der Waals surface area contributed by atoms with E-state index >= 15 is 0 Å². The van der Waals surface area contributed by atoms with Crippen LogP contribution in [-0.4, -0.2) is 10.8 Å². The smallest absolute Gasteiger partial charge is 0.193 e.